The number of isocyanates is 1. The summed E-state index contributed by atoms with van der Waals surface area (Å²) in [6.45, 7) is 4.84. The van der Waals surface area contributed by atoms with E-state index in [0.29, 0.717) is 41.2 Å². The Labute approximate surface area is 351 Å². The minimum absolute atomic E-state index is 0. The van der Waals surface area contributed by atoms with Gasteiger partial charge in [-0.1, -0.05) is 106 Å². The van der Waals surface area contributed by atoms with Crippen LogP contribution in [0.4, 0.5) is 16.4 Å². The summed E-state index contributed by atoms with van der Waals surface area (Å²) in [6, 6.07) is 19.2. The van der Waals surface area contributed by atoms with E-state index in [1.165, 1.54) is 18.7 Å². The molecule has 0 spiro atoms. The fourth-order valence-corrected chi connectivity index (χ4v) is 8.01. The smallest absolute Gasteiger partial charge is 0.407 e. The van der Waals surface area contributed by atoms with Gasteiger partial charge in [0.05, 0.1) is 41.1 Å². The Morgan fingerprint density at radius 2 is 1.34 bits per heavy atom. The number of carbonyl (C=O) groups is 1. The molecule has 0 aliphatic carbocycles. The molecule has 2 aliphatic rings. The number of ether oxygens (including phenoxy) is 3. The highest BCUT2D eigenvalue weighted by Gasteiger charge is 2.47. The van der Waals surface area contributed by atoms with Crippen molar-refractivity contribution < 1.29 is 30.3 Å². The molecule has 6 N–H and O–H groups in total. The van der Waals surface area contributed by atoms with Gasteiger partial charge in [0.25, 0.3) is 0 Å². The average Bonchev–Trinajstić information content (AvgIpc) is 4.02. The SMILES string of the molecule is CC[C@H]1O[C@@H](n2cnc3c(N)ncnc32)[C@H](O)[C@H]1Br.CC[C@H]1O[C@@H](n2cnc3c(N)ncnc32)[C@H](OC(=O)NCc2ccccc2)[C@H]1Br.O=C=NCc1ccccc1.[HH]. The Balaban J connectivity index is 0.000000189. The van der Waals surface area contributed by atoms with Crippen LogP contribution in [0.3, 0.4) is 0 Å². The molecule has 306 valence electrons. The molecule has 6 aromatic rings. The summed E-state index contributed by atoms with van der Waals surface area (Å²) in [5.74, 6) is 0.603. The van der Waals surface area contributed by atoms with Crippen LogP contribution in [0.2, 0.25) is 0 Å². The minimum atomic E-state index is -0.668. The maximum Gasteiger partial charge on any atom is 0.407 e. The summed E-state index contributed by atoms with van der Waals surface area (Å²) in [5, 5.41) is 13.0. The molecule has 2 aromatic carbocycles. The van der Waals surface area contributed by atoms with Gasteiger partial charge in [0, 0.05) is 7.97 Å². The fourth-order valence-electron chi connectivity index (χ4n) is 6.39. The molecule has 20 heteroatoms. The second-order valence-electron chi connectivity index (χ2n) is 13.1. The van der Waals surface area contributed by atoms with Crippen LogP contribution in [0, 0.1) is 0 Å². The van der Waals surface area contributed by atoms with Crippen molar-refractivity contribution in [1.82, 2.24) is 44.4 Å². The van der Waals surface area contributed by atoms with Crippen molar-refractivity contribution in [2.45, 2.75) is 86.3 Å². The van der Waals surface area contributed by atoms with E-state index in [4.69, 9.17) is 25.7 Å². The molecular weight excluding hydrogens is 880 g/mol. The van der Waals surface area contributed by atoms with Crippen LogP contribution in [-0.2, 0) is 32.1 Å². The molecule has 6 heterocycles. The van der Waals surface area contributed by atoms with E-state index < -0.39 is 30.8 Å². The molecule has 1 amide bonds. The number of aliphatic hydroxyl groups excluding tert-OH is 1. The number of hydrogen-bond donors (Lipinski definition) is 4. The molecule has 0 bridgehead atoms. The summed E-state index contributed by atoms with van der Waals surface area (Å²) >= 11 is 7.11. The van der Waals surface area contributed by atoms with Crippen molar-refractivity contribution in [2.75, 3.05) is 11.5 Å². The van der Waals surface area contributed by atoms with Crippen molar-refractivity contribution >= 4 is 78.0 Å². The largest absolute Gasteiger partial charge is 0.440 e. The van der Waals surface area contributed by atoms with Gasteiger partial charge in [-0.25, -0.2) is 44.5 Å². The van der Waals surface area contributed by atoms with Gasteiger partial charge in [0.1, 0.15) is 29.8 Å². The first-order valence-electron chi connectivity index (χ1n) is 18.3. The van der Waals surface area contributed by atoms with Crippen molar-refractivity contribution in [3.63, 3.8) is 0 Å². The number of nitrogen functional groups attached to an aromatic ring is 2. The number of aromatic nitrogens is 8. The molecule has 2 fully saturated rings. The number of anilines is 2. The van der Waals surface area contributed by atoms with Gasteiger partial charge in [-0.3, -0.25) is 9.13 Å². The van der Waals surface area contributed by atoms with E-state index in [2.05, 4.69) is 72.1 Å². The molecule has 58 heavy (non-hydrogen) atoms. The van der Waals surface area contributed by atoms with Crippen LogP contribution in [0.1, 0.15) is 51.7 Å². The van der Waals surface area contributed by atoms with Crippen LogP contribution in [0.5, 0.6) is 0 Å². The Bertz CT molecular complexity index is 2320. The number of imidazole rings is 2. The monoisotopic (exact) mass is 922 g/mol. The second-order valence-corrected chi connectivity index (χ2v) is 15.2. The number of aliphatic hydroxyl groups is 1. The summed E-state index contributed by atoms with van der Waals surface area (Å²) in [5.41, 5.74) is 15.7. The summed E-state index contributed by atoms with van der Waals surface area (Å²) < 4.78 is 21.2. The first-order valence-corrected chi connectivity index (χ1v) is 20.2. The van der Waals surface area contributed by atoms with Gasteiger partial charge in [0.2, 0.25) is 6.08 Å². The molecule has 8 rings (SSSR count). The Kier molecular flexibility index (Phi) is 14.5. The van der Waals surface area contributed by atoms with Crippen LogP contribution in [0.15, 0.2) is 91.0 Å². The highest BCUT2D eigenvalue weighted by atomic mass is 79.9. The second kappa shape index (κ2) is 19.9. The predicted octanol–water partition coefficient (Wildman–Crippen LogP) is 5.38. The molecule has 2 saturated heterocycles. The lowest BCUT2D eigenvalue weighted by molar-refractivity contribution is -0.0401. The number of fused-ring (bicyclic) bond motifs is 2. The van der Waals surface area contributed by atoms with Crippen molar-refractivity contribution in [3.05, 3.63) is 97.1 Å². The summed E-state index contributed by atoms with van der Waals surface area (Å²) in [6.07, 6.45) is 5.89. The Morgan fingerprint density at radius 1 is 0.828 bits per heavy atom. The standard InChI is InChI=1S/C19H21BrN6O3.C11H14BrN5O2.C8H7NO.H2/c1-2-12-13(20)15(29-19(27)22-8-11-6-4-3-5-7-11)18(28-12)26-10-25-14-16(21)23-9-24-17(14)26;1-2-5-6(12)8(18)11(19-5)17-4-16-7-9(13)14-3-15-10(7)17;10-7-9-6-8-4-2-1-3-5-8;/h3-7,9-10,12-13,15,18H,2,8H2,1H3,(H,22,27)(H2,21,23,24);3-6,8,11,18H,2H2,1H3,(H2,13,14,15);1-5H,6H2;1H/t12-,13+,15-,18-;5-,6+,8-,11-;;/m11../s1. The Hall–Kier alpha value is -5.37. The fraction of sp³-hybridized carbons (Fsp3) is 0.368. The van der Waals surface area contributed by atoms with E-state index in [1.54, 1.807) is 21.8 Å². The highest BCUT2D eigenvalue weighted by Crippen LogP contribution is 2.39. The molecule has 8 atom stereocenters. The normalized spacial score (nSPS) is 23.6. The third-order valence-corrected chi connectivity index (χ3v) is 11.6. The number of aliphatic imine (C=N–C) groups is 1. The number of alkyl carbamates (subject to hydrolysis) is 1. The lowest BCUT2D eigenvalue weighted by Gasteiger charge is -2.22. The maximum atomic E-state index is 12.5. The van der Waals surface area contributed by atoms with Gasteiger partial charge in [-0.15, -0.1) is 0 Å². The van der Waals surface area contributed by atoms with Crippen LogP contribution in [0.25, 0.3) is 22.3 Å². The van der Waals surface area contributed by atoms with Gasteiger partial charge >= 0.3 is 6.09 Å². The molecule has 0 saturated carbocycles. The van der Waals surface area contributed by atoms with Crippen LogP contribution >= 0.6 is 31.9 Å². The topological polar surface area (TPSA) is 246 Å². The molecule has 2 aliphatic heterocycles. The summed E-state index contributed by atoms with van der Waals surface area (Å²) in [4.78, 5) is 50.0. The summed E-state index contributed by atoms with van der Waals surface area (Å²) in [7, 11) is 0. The van der Waals surface area contributed by atoms with E-state index in [9.17, 15) is 14.7 Å². The minimum Gasteiger partial charge on any atom is -0.440 e. The zero-order valence-corrected chi connectivity index (χ0v) is 34.6. The lowest BCUT2D eigenvalue weighted by Crippen LogP contribution is -2.36. The average molecular weight is 925 g/mol. The zero-order chi connectivity index (χ0) is 41.2. The van der Waals surface area contributed by atoms with E-state index in [-0.39, 0.29) is 29.1 Å². The molecule has 4 aromatic heterocycles. The third kappa shape index (κ3) is 9.66. The molecule has 18 nitrogen and oxygen atoms in total. The van der Waals surface area contributed by atoms with Gasteiger partial charge in [-0.2, -0.15) is 0 Å². The number of nitrogens with one attached hydrogen (secondary N) is 1. The zero-order valence-electron chi connectivity index (χ0n) is 31.5. The maximum absolute atomic E-state index is 12.5. The number of rotatable bonds is 9. The molecule has 0 unspecified atom stereocenters. The first-order chi connectivity index (χ1) is 28.1. The highest BCUT2D eigenvalue weighted by molar-refractivity contribution is 9.09. The van der Waals surface area contributed by atoms with Crippen molar-refractivity contribution in [1.29, 1.82) is 0 Å². The lowest BCUT2D eigenvalue weighted by atomic mass is 10.1. The van der Waals surface area contributed by atoms with E-state index in [1.807, 2.05) is 74.5 Å². The number of benzene rings is 2. The quantitative estimate of drug-likeness (QED) is 0.0808. The van der Waals surface area contributed by atoms with Crippen molar-refractivity contribution in [2.24, 2.45) is 4.99 Å². The van der Waals surface area contributed by atoms with Crippen molar-refractivity contribution in [3.8, 4) is 0 Å². The van der Waals surface area contributed by atoms with Gasteiger partial charge in [-0.05, 0) is 24.0 Å². The van der Waals surface area contributed by atoms with Crippen LogP contribution in [-0.4, -0.2) is 90.4 Å². The van der Waals surface area contributed by atoms with E-state index >= 15 is 0 Å². The number of alkyl halides is 2. The molecule has 0 radical (unpaired) electrons. The predicted molar refractivity (Wildman–Crippen MR) is 223 cm³/mol. The number of halogens is 2. The third-order valence-electron chi connectivity index (χ3n) is 9.37. The van der Waals surface area contributed by atoms with Crippen LogP contribution < -0.4 is 16.8 Å². The number of amides is 1. The van der Waals surface area contributed by atoms with Gasteiger partial charge in [0.15, 0.2) is 41.5 Å². The van der Waals surface area contributed by atoms with Gasteiger partial charge < -0.3 is 36.1 Å². The number of hydrogen-bond acceptors (Lipinski definition) is 15. The van der Waals surface area contributed by atoms with E-state index in [0.717, 1.165) is 24.0 Å². The molecular formula is C38H44Br2N12O6. The number of nitrogens with two attached hydrogens (primary N) is 2. The number of nitrogens with zero attached hydrogens (tertiary/aromatic N) is 9. The Morgan fingerprint density at radius 3 is 1.88 bits per heavy atom. The first kappa shape index (κ1) is 42.2. The number of carbonyl (C=O) groups excluding carboxylic acids is 2.